The molecule has 0 radical (unpaired) electrons. The molecule has 6 nitrogen and oxygen atoms in total. The minimum atomic E-state index is -4.54. The SMILES string of the molecule is CC(NC(=O)c1cnn2c1NC(c1ccccc1)CC2C(F)(F)F)C(=O)c1ccccc1. The molecule has 4 rings (SSSR count). The van der Waals surface area contributed by atoms with Crippen LogP contribution in [0.3, 0.4) is 0 Å². The standard InChI is InChI=1S/C23H21F3N4O2/c1-14(20(31)16-10-6-3-7-11-16)28-22(32)17-13-27-30-19(23(24,25)26)12-18(29-21(17)30)15-8-4-2-5-9-15/h2-11,13-14,18-19,29H,12H2,1H3,(H,28,32). The maximum atomic E-state index is 13.8. The van der Waals surface area contributed by atoms with Crippen molar-refractivity contribution >= 4 is 17.5 Å². The van der Waals surface area contributed by atoms with Gasteiger partial charge >= 0.3 is 6.18 Å². The first kappa shape index (κ1) is 21.6. The van der Waals surface area contributed by atoms with E-state index < -0.39 is 30.2 Å². The molecule has 0 fully saturated rings. The molecule has 32 heavy (non-hydrogen) atoms. The number of nitrogens with zero attached hydrogens (tertiary/aromatic N) is 2. The second-order valence-electron chi connectivity index (χ2n) is 7.68. The summed E-state index contributed by atoms with van der Waals surface area (Å²) < 4.78 is 42.2. The molecule has 9 heteroatoms. The van der Waals surface area contributed by atoms with E-state index in [-0.39, 0.29) is 23.6 Å². The molecule has 2 heterocycles. The zero-order chi connectivity index (χ0) is 22.9. The molecule has 0 aliphatic carbocycles. The summed E-state index contributed by atoms with van der Waals surface area (Å²) in [6.07, 6.45) is -3.70. The number of Topliss-reactive ketones (excluding diaryl/α,β-unsaturated/α-hetero) is 1. The zero-order valence-corrected chi connectivity index (χ0v) is 17.1. The Bertz CT molecular complexity index is 1110. The Labute approximate surface area is 182 Å². The highest BCUT2D eigenvalue weighted by molar-refractivity contribution is 6.05. The molecule has 3 unspecified atom stereocenters. The van der Waals surface area contributed by atoms with Crippen molar-refractivity contribution in [1.82, 2.24) is 15.1 Å². The van der Waals surface area contributed by atoms with Gasteiger partial charge in [0.1, 0.15) is 11.4 Å². The lowest BCUT2D eigenvalue weighted by Gasteiger charge is -2.34. The van der Waals surface area contributed by atoms with Gasteiger partial charge in [-0.25, -0.2) is 4.68 Å². The van der Waals surface area contributed by atoms with E-state index >= 15 is 0 Å². The summed E-state index contributed by atoms with van der Waals surface area (Å²) in [5.41, 5.74) is 1.05. The number of anilines is 1. The molecule has 166 valence electrons. The third kappa shape index (κ3) is 4.23. The number of aromatic nitrogens is 2. The van der Waals surface area contributed by atoms with Gasteiger partial charge in [0.05, 0.1) is 18.3 Å². The molecule has 0 spiro atoms. The monoisotopic (exact) mass is 442 g/mol. The molecule has 1 aliphatic rings. The van der Waals surface area contributed by atoms with Crippen LogP contribution in [0.1, 0.15) is 51.7 Å². The maximum Gasteiger partial charge on any atom is 0.410 e. The largest absolute Gasteiger partial charge is 0.410 e. The number of amides is 1. The van der Waals surface area contributed by atoms with Gasteiger partial charge in [0.25, 0.3) is 5.91 Å². The van der Waals surface area contributed by atoms with Crippen molar-refractivity contribution in [2.75, 3.05) is 5.32 Å². The van der Waals surface area contributed by atoms with Gasteiger partial charge in [-0.05, 0) is 12.5 Å². The number of hydrogen-bond donors (Lipinski definition) is 2. The maximum absolute atomic E-state index is 13.8. The molecular formula is C23H21F3N4O2. The lowest BCUT2D eigenvalue weighted by Crippen LogP contribution is -2.40. The summed E-state index contributed by atoms with van der Waals surface area (Å²) in [4.78, 5) is 25.4. The van der Waals surface area contributed by atoms with Crippen molar-refractivity contribution in [2.24, 2.45) is 0 Å². The highest BCUT2D eigenvalue weighted by Gasteiger charge is 2.47. The van der Waals surface area contributed by atoms with E-state index in [2.05, 4.69) is 15.7 Å². The quantitative estimate of drug-likeness (QED) is 0.569. The highest BCUT2D eigenvalue weighted by Crippen LogP contribution is 2.44. The van der Waals surface area contributed by atoms with Gasteiger partial charge in [-0.1, -0.05) is 60.7 Å². The van der Waals surface area contributed by atoms with Gasteiger partial charge in [-0.3, -0.25) is 9.59 Å². The fourth-order valence-electron chi connectivity index (χ4n) is 3.83. The highest BCUT2D eigenvalue weighted by atomic mass is 19.4. The van der Waals surface area contributed by atoms with Gasteiger partial charge in [0.15, 0.2) is 11.8 Å². The Kier molecular flexibility index (Phi) is 5.73. The number of fused-ring (bicyclic) bond motifs is 1. The van der Waals surface area contributed by atoms with Crippen molar-refractivity contribution < 1.29 is 22.8 Å². The van der Waals surface area contributed by atoms with Crippen molar-refractivity contribution in [3.63, 3.8) is 0 Å². The van der Waals surface area contributed by atoms with Crippen LogP contribution in [0.15, 0.2) is 66.9 Å². The van der Waals surface area contributed by atoms with E-state index in [0.29, 0.717) is 11.1 Å². The summed E-state index contributed by atoms with van der Waals surface area (Å²) in [6.45, 7) is 1.53. The van der Waals surface area contributed by atoms with Crippen molar-refractivity contribution in [3.05, 3.63) is 83.6 Å². The van der Waals surface area contributed by atoms with Gasteiger partial charge in [0.2, 0.25) is 0 Å². The fourth-order valence-corrected chi connectivity index (χ4v) is 3.83. The van der Waals surface area contributed by atoms with Crippen LogP contribution in [-0.2, 0) is 0 Å². The Morgan fingerprint density at radius 1 is 1.09 bits per heavy atom. The molecule has 0 saturated heterocycles. The van der Waals surface area contributed by atoms with Crippen LogP contribution in [0, 0.1) is 0 Å². The topological polar surface area (TPSA) is 76.0 Å². The minimum Gasteiger partial charge on any atom is -0.363 e. The molecule has 2 aromatic carbocycles. The van der Waals surface area contributed by atoms with Crippen LogP contribution in [0.5, 0.6) is 0 Å². The number of carbonyl (C=O) groups excluding carboxylic acids is 2. The first-order valence-corrected chi connectivity index (χ1v) is 10.1. The second kappa shape index (κ2) is 8.49. The number of nitrogens with one attached hydrogen (secondary N) is 2. The fraction of sp³-hybridized carbons (Fsp3) is 0.261. The smallest absolute Gasteiger partial charge is 0.363 e. The number of alkyl halides is 3. The van der Waals surface area contributed by atoms with Gasteiger partial charge in [-0.2, -0.15) is 18.3 Å². The van der Waals surface area contributed by atoms with Gasteiger partial charge in [-0.15, -0.1) is 0 Å². The molecule has 2 N–H and O–H groups in total. The molecular weight excluding hydrogens is 421 g/mol. The van der Waals surface area contributed by atoms with E-state index in [1.54, 1.807) is 60.7 Å². The summed E-state index contributed by atoms with van der Waals surface area (Å²) in [7, 11) is 0. The van der Waals surface area contributed by atoms with Crippen molar-refractivity contribution in [2.45, 2.75) is 37.6 Å². The molecule has 1 aromatic heterocycles. The predicted octanol–water partition coefficient (Wildman–Crippen LogP) is 4.54. The number of rotatable bonds is 5. The first-order valence-electron chi connectivity index (χ1n) is 10.1. The average Bonchev–Trinajstić information content (AvgIpc) is 3.22. The first-order chi connectivity index (χ1) is 15.3. The number of hydrogen-bond acceptors (Lipinski definition) is 4. The van der Waals surface area contributed by atoms with Crippen molar-refractivity contribution in [3.8, 4) is 0 Å². The third-order valence-corrected chi connectivity index (χ3v) is 5.48. The number of ketones is 1. The lowest BCUT2D eigenvalue weighted by atomic mass is 9.96. The average molecular weight is 442 g/mol. The van der Waals surface area contributed by atoms with Crippen molar-refractivity contribution in [1.29, 1.82) is 0 Å². The lowest BCUT2D eigenvalue weighted by molar-refractivity contribution is -0.173. The van der Waals surface area contributed by atoms with E-state index in [4.69, 9.17) is 0 Å². The molecule has 0 saturated carbocycles. The molecule has 3 atom stereocenters. The van der Waals surface area contributed by atoms with E-state index in [1.165, 1.54) is 6.92 Å². The Morgan fingerprint density at radius 2 is 1.72 bits per heavy atom. The van der Waals surface area contributed by atoms with Crippen LogP contribution >= 0.6 is 0 Å². The van der Waals surface area contributed by atoms with E-state index in [1.807, 2.05) is 0 Å². The van der Waals surface area contributed by atoms with Crippen LogP contribution < -0.4 is 10.6 Å². The number of carbonyl (C=O) groups is 2. The Morgan fingerprint density at radius 3 is 2.34 bits per heavy atom. The summed E-state index contributed by atoms with van der Waals surface area (Å²) in [5.74, 6) is -1.00. The summed E-state index contributed by atoms with van der Waals surface area (Å²) >= 11 is 0. The Balaban J connectivity index is 1.61. The molecule has 3 aromatic rings. The normalized spacial score (nSPS) is 18.9. The molecule has 1 aliphatic heterocycles. The van der Waals surface area contributed by atoms with Gasteiger partial charge in [0, 0.05) is 12.0 Å². The summed E-state index contributed by atoms with van der Waals surface area (Å²) in [6, 6.07) is 13.8. The van der Waals surface area contributed by atoms with Crippen LogP contribution in [0.4, 0.5) is 19.0 Å². The van der Waals surface area contributed by atoms with Crippen LogP contribution in [0.25, 0.3) is 0 Å². The molecule has 1 amide bonds. The summed E-state index contributed by atoms with van der Waals surface area (Å²) in [5, 5.41) is 9.46. The minimum absolute atomic E-state index is 0.0238. The number of halogens is 3. The predicted molar refractivity (Wildman–Crippen MR) is 112 cm³/mol. The second-order valence-corrected chi connectivity index (χ2v) is 7.68. The molecule has 0 bridgehead atoms. The van der Waals surface area contributed by atoms with E-state index in [0.717, 1.165) is 10.9 Å². The van der Waals surface area contributed by atoms with E-state index in [9.17, 15) is 22.8 Å². The van der Waals surface area contributed by atoms with Gasteiger partial charge < -0.3 is 10.6 Å². The Hall–Kier alpha value is -3.62. The number of benzene rings is 2. The zero-order valence-electron chi connectivity index (χ0n) is 17.1. The third-order valence-electron chi connectivity index (χ3n) is 5.48. The van der Waals surface area contributed by atoms with Crippen LogP contribution in [0.2, 0.25) is 0 Å². The van der Waals surface area contributed by atoms with Crippen LogP contribution in [-0.4, -0.2) is 33.7 Å².